The van der Waals surface area contributed by atoms with Gasteiger partial charge in [0.15, 0.2) is 0 Å². The SMILES string of the molecule is COC(C(C)(C)C)C(C)(C)CCCCC(C)(C)C. The quantitative estimate of drug-likeness (QED) is 0.555. The van der Waals surface area contributed by atoms with Gasteiger partial charge in [-0.2, -0.15) is 0 Å². The highest BCUT2D eigenvalue weighted by Crippen LogP contribution is 2.39. The predicted molar refractivity (Wildman–Crippen MR) is 82.0 cm³/mol. The zero-order valence-electron chi connectivity index (χ0n) is 14.3. The molecule has 0 spiro atoms. The Morgan fingerprint density at radius 2 is 1.22 bits per heavy atom. The highest BCUT2D eigenvalue weighted by molar-refractivity contribution is 4.87. The van der Waals surface area contributed by atoms with Gasteiger partial charge in [0.2, 0.25) is 0 Å². The normalized spacial score (nSPS) is 15.8. The molecule has 0 rings (SSSR count). The maximum absolute atomic E-state index is 5.78. The highest BCUT2D eigenvalue weighted by atomic mass is 16.5. The van der Waals surface area contributed by atoms with Crippen molar-refractivity contribution in [1.82, 2.24) is 0 Å². The molecule has 0 amide bonds. The van der Waals surface area contributed by atoms with Crippen molar-refractivity contribution >= 4 is 0 Å². The molecule has 0 aromatic carbocycles. The Kier molecular flexibility index (Phi) is 6.40. The van der Waals surface area contributed by atoms with Gasteiger partial charge in [0.05, 0.1) is 6.10 Å². The van der Waals surface area contributed by atoms with Gasteiger partial charge in [0.25, 0.3) is 0 Å². The summed E-state index contributed by atoms with van der Waals surface area (Å²) in [7, 11) is 1.85. The molecule has 0 saturated heterocycles. The van der Waals surface area contributed by atoms with E-state index in [1.165, 1.54) is 25.7 Å². The van der Waals surface area contributed by atoms with Gasteiger partial charge < -0.3 is 4.74 Å². The van der Waals surface area contributed by atoms with Crippen LogP contribution in [0.15, 0.2) is 0 Å². The molecule has 0 aliphatic carbocycles. The number of hydrogen-bond donors (Lipinski definition) is 0. The van der Waals surface area contributed by atoms with Gasteiger partial charge in [-0.15, -0.1) is 0 Å². The molecule has 0 fully saturated rings. The Morgan fingerprint density at radius 1 is 0.778 bits per heavy atom. The molecular weight excluding hydrogens is 220 g/mol. The summed E-state index contributed by atoms with van der Waals surface area (Å²) < 4.78 is 5.78. The zero-order chi connectivity index (χ0) is 14.6. The first-order chi connectivity index (χ1) is 7.90. The Balaban J connectivity index is 4.29. The van der Waals surface area contributed by atoms with Crippen molar-refractivity contribution in [2.24, 2.45) is 16.2 Å². The van der Waals surface area contributed by atoms with Crippen LogP contribution < -0.4 is 0 Å². The van der Waals surface area contributed by atoms with Crippen LogP contribution in [-0.2, 0) is 4.74 Å². The molecule has 0 aromatic rings. The Morgan fingerprint density at radius 3 is 1.56 bits per heavy atom. The third-order valence-electron chi connectivity index (χ3n) is 3.73. The van der Waals surface area contributed by atoms with Crippen LogP contribution in [0, 0.1) is 16.2 Å². The summed E-state index contributed by atoms with van der Waals surface area (Å²) in [6.07, 6.45) is 5.52. The molecule has 0 radical (unpaired) electrons. The summed E-state index contributed by atoms with van der Waals surface area (Å²) in [5.74, 6) is 0. The summed E-state index contributed by atoms with van der Waals surface area (Å²) in [6.45, 7) is 18.5. The molecule has 1 atom stereocenters. The molecule has 0 aliphatic heterocycles. The third-order valence-corrected chi connectivity index (χ3v) is 3.73. The largest absolute Gasteiger partial charge is 0.380 e. The van der Waals surface area contributed by atoms with E-state index >= 15 is 0 Å². The molecule has 1 heteroatoms. The van der Waals surface area contributed by atoms with Crippen LogP contribution in [0.4, 0.5) is 0 Å². The van der Waals surface area contributed by atoms with Crippen molar-refractivity contribution in [2.45, 2.75) is 87.2 Å². The lowest BCUT2D eigenvalue weighted by Gasteiger charge is -2.42. The maximum Gasteiger partial charge on any atom is 0.0670 e. The van der Waals surface area contributed by atoms with E-state index in [-0.39, 0.29) is 10.8 Å². The van der Waals surface area contributed by atoms with E-state index in [1.807, 2.05) is 7.11 Å². The van der Waals surface area contributed by atoms with E-state index in [1.54, 1.807) is 0 Å². The summed E-state index contributed by atoms with van der Waals surface area (Å²) >= 11 is 0. The summed E-state index contributed by atoms with van der Waals surface area (Å²) in [6, 6.07) is 0. The van der Waals surface area contributed by atoms with Gasteiger partial charge in [0.1, 0.15) is 0 Å². The van der Waals surface area contributed by atoms with Crippen molar-refractivity contribution in [2.75, 3.05) is 7.11 Å². The van der Waals surface area contributed by atoms with E-state index < -0.39 is 0 Å². The lowest BCUT2D eigenvalue weighted by Crippen LogP contribution is -2.41. The summed E-state index contributed by atoms with van der Waals surface area (Å²) in [5.41, 5.74) is 0.933. The fraction of sp³-hybridized carbons (Fsp3) is 1.00. The number of rotatable bonds is 6. The Labute approximate surface area is 116 Å². The Bertz CT molecular complexity index is 227. The standard InChI is InChI=1S/C17H36O/c1-15(2,3)12-10-11-13-17(7,8)14(18-9)16(4,5)6/h14H,10-13H2,1-9H3. The average Bonchev–Trinajstić information content (AvgIpc) is 2.09. The Hall–Kier alpha value is -0.0400. The van der Waals surface area contributed by atoms with Crippen LogP contribution in [0.3, 0.4) is 0 Å². The topological polar surface area (TPSA) is 9.23 Å². The molecule has 110 valence electrons. The molecule has 1 unspecified atom stereocenters. The fourth-order valence-corrected chi connectivity index (χ4v) is 3.21. The molecule has 0 saturated carbocycles. The lowest BCUT2D eigenvalue weighted by atomic mass is 9.70. The van der Waals surface area contributed by atoms with Crippen LogP contribution in [0.1, 0.15) is 81.1 Å². The van der Waals surface area contributed by atoms with E-state index in [2.05, 4.69) is 55.4 Å². The molecule has 0 aromatic heterocycles. The fourth-order valence-electron chi connectivity index (χ4n) is 3.21. The van der Waals surface area contributed by atoms with Crippen molar-refractivity contribution in [3.8, 4) is 0 Å². The smallest absolute Gasteiger partial charge is 0.0670 e. The van der Waals surface area contributed by atoms with E-state index in [0.29, 0.717) is 11.5 Å². The average molecular weight is 256 g/mol. The highest BCUT2D eigenvalue weighted by Gasteiger charge is 2.37. The second-order valence-corrected chi connectivity index (χ2v) is 8.74. The minimum Gasteiger partial charge on any atom is -0.380 e. The first kappa shape index (κ1) is 18.0. The van der Waals surface area contributed by atoms with E-state index in [4.69, 9.17) is 4.74 Å². The van der Waals surface area contributed by atoms with Crippen molar-refractivity contribution in [1.29, 1.82) is 0 Å². The van der Waals surface area contributed by atoms with Crippen LogP contribution in [0.5, 0.6) is 0 Å². The second kappa shape index (κ2) is 6.41. The minimum absolute atomic E-state index is 0.211. The van der Waals surface area contributed by atoms with Crippen molar-refractivity contribution in [3.63, 3.8) is 0 Å². The van der Waals surface area contributed by atoms with Gasteiger partial charge in [-0.1, -0.05) is 68.2 Å². The third kappa shape index (κ3) is 6.78. The predicted octanol–water partition coefficient (Wildman–Crippen LogP) is 5.68. The lowest BCUT2D eigenvalue weighted by molar-refractivity contribution is -0.0682. The van der Waals surface area contributed by atoms with Crippen LogP contribution in [-0.4, -0.2) is 13.2 Å². The number of methoxy groups -OCH3 is 1. The van der Waals surface area contributed by atoms with Gasteiger partial charge >= 0.3 is 0 Å². The van der Waals surface area contributed by atoms with Gasteiger partial charge in [-0.25, -0.2) is 0 Å². The molecule has 18 heavy (non-hydrogen) atoms. The van der Waals surface area contributed by atoms with Crippen LogP contribution in [0.25, 0.3) is 0 Å². The summed E-state index contributed by atoms with van der Waals surface area (Å²) in [4.78, 5) is 0. The maximum atomic E-state index is 5.78. The zero-order valence-corrected chi connectivity index (χ0v) is 14.3. The monoisotopic (exact) mass is 256 g/mol. The summed E-state index contributed by atoms with van der Waals surface area (Å²) in [5, 5.41) is 0. The number of ether oxygens (including phenoxy) is 1. The van der Waals surface area contributed by atoms with Gasteiger partial charge in [-0.3, -0.25) is 0 Å². The van der Waals surface area contributed by atoms with E-state index in [9.17, 15) is 0 Å². The molecule has 0 N–H and O–H groups in total. The van der Waals surface area contributed by atoms with Crippen molar-refractivity contribution < 1.29 is 4.74 Å². The van der Waals surface area contributed by atoms with Gasteiger partial charge in [0, 0.05) is 7.11 Å². The first-order valence-corrected chi connectivity index (χ1v) is 7.43. The van der Waals surface area contributed by atoms with Gasteiger partial charge in [-0.05, 0) is 29.1 Å². The molecule has 0 aliphatic rings. The molecule has 1 nitrogen and oxygen atoms in total. The first-order valence-electron chi connectivity index (χ1n) is 7.43. The van der Waals surface area contributed by atoms with E-state index in [0.717, 1.165) is 0 Å². The molecule has 0 heterocycles. The second-order valence-electron chi connectivity index (χ2n) is 8.74. The number of unbranched alkanes of at least 4 members (excludes halogenated alkanes) is 1. The van der Waals surface area contributed by atoms with Crippen LogP contribution in [0.2, 0.25) is 0 Å². The molecular formula is C17H36O. The van der Waals surface area contributed by atoms with Crippen molar-refractivity contribution in [3.05, 3.63) is 0 Å². The minimum atomic E-state index is 0.211. The molecule has 0 bridgehead atoms. The van der Waals surface area contributed by atoms with Crippen LogP contribution >= 0.6 is 0 Å². The number of hydrogen-bond acceptors (Lipinski definition) is 1.